The van der Waals surface area contributed by atoms with Crippen molar-refractivity contribution in [2.45, 2.75) is 39.2 Å². The second-order valence-corrected chi connectivity index (χ2v) is 5.56. The first-order valence-electron chi connectivity index (χ1n) is 7.15. The molecule has 4 heteroatoms. The molecular weight excluding hydrogens is 252 g/mol. The Morgan fingerprint density at radius 3 is 2.40 bits per heavy atom. The van der Waals surface area contributed by atoms with E-state index in [1.165, 1.54) is 0 Å². The van der Waals surface area contributed by atoms with E-state index in [2.05, 4.69) is 5.32 Å². The molecule has 1 unspecified atom stereocenters. The average molecular weight is 274 g/mol. The number of amides is 2. The van der Waals surface area contributed by atoms with Gasteiger partial charge in [0.25, 0.3) is 0 Å². The van der Waals surface area contributed by atoms with Crippen molar-refractivity contribution in [1.82, 2.24) is 5.32 Å². The van der Waals surface area contributed by atoms with Gasteiger partial charge in [-0.1, -0.05) is 25.1 Å². The second kappa shape index (κ2) is 5.65. The predicted octanol–water partition coefficient (Wildman–Crippen LogP) is 2.34. The van der Waals surface area contributed by atoms with Gasteiger partial charge in [0.2, 0.25) is 11.8 Å². The van der Waals surface area contributed by atoms with Gasteiger partial charge in [0.05, 0.1) is 0 Å². The van der Waals surface area contributed by atoms with E-state index in [1.54, 1.807) is 11.9 Å². The minimum Gasteiger partial charge on any atom is -0.353 e. The first-order chi connectivity index (χ1) is 9.51. The molecule has 0 aliphatic heterocycles. The summed E-state index contributed by atoms with van der Waals surface area (Å²) in [6.07, 6.45) is 2.15. The monoisotopic (exact) mass is 274 g/mol. The number of anilines is 1. The summed E-state index contributed by atoms with van der Waals surface area (Å²) < 4.78 is 0. The molecule has 1 aromatic rings. The number of nitrogens with one attached hydrogen (secondary N) is 1. The third-order valence-electron chi connectivity index (χ3n) is 4.03. The van der Waals surface area contributed by atoms with Gasteiger partial charge >= 0.3 is 0 Å². The van der Waals surface area contributed by atoms with E-state index in [1.807, 2.05) is 44.2 Å². The second-order valence-electron chi connectivity index (χ2n) is 5.56. The van der Waals surface area contributed by atoms with Crippen LogP contribution in [0.1, 0.15) is 33.1 Å². The van der Waals surface area contributed by atoms with Crippen molar-refractivity contribution in [1.29, 1.82) is 0 Å². The molecule has 0 aromatic heterocycles. The van der Waals surface area contributed by atoms with Crippen molar-refractivity contribution in [3.8, 4) is 0 Å². The van der Waals surface area contributed by atoms with E-state index in [0.29, 0.717) is 12.8 Å². The van der Waals surface area contributed by atoms with Crippen molar-refractivity contribution < 1.29 is 9.59 Å². The van der Waals surface area contributed by atoms with Gasteiger partial charge < -0.3 is 10.2 Å². The molecule has 4 nitrogen and oxygen atoms in total. The first kappa shape index (κ1) is 14.6. The van der Waals surface area contributed by atoms with Crippen molar-refractivity contribution in [2.24, 2.45) is 5.41 Å². The maximum absolute atomic E-state index is 12.6. The summed E-state index contributed by atoms with van der Waals surface area (Å²) in [6, 6.07) is 9.54. The number of benzene rings is 1. The van der Waals surface area contributed by atoms with Gasteiger partial charge in [0.1, 0.15) is 5.41 Å². The molecule has 1 aromatic carbocycles. The van der Waals surface area contributed by atoms with Gasteiger partial charge in [-0.25, -0.2) is 0 Å². The highest BCUT2D eigenvalue weighted by Crippen LogP contribution is 2.48. The van der Waals surface area contributed by atoms with Gasteiger partial charge in [0.15, 0.2) is 0 Å². The van der Waals surface area contributed by atoms with Crippen LogP contribution in [0.25, 0.3) is 0 Å². The fourth-order valence-corrected chi connectivity index (χ4v) is 2.22. The minimum atomic E-state index is -0.839. The molecule has 0 radical (unpaired) electrons. The van der Waals surface area contributed by atoms with Crippen LogP contribution < -0.4 is 10.2 Å². The van der Waals surface area contributed by atoms with Crippen LogP contribution in [0.2, 0.25) is 0 Å². The zero-order chi connectivity index (χ0) is 14.8. The Morgan fingerprint density at radius 1 is 1.30 bits per heavy atom. The van der Waals surface area contributed by atoms with Crippen LogP contribution in [0.3, 0.4) is 0 Å². The summed E-state index contributed by atoms with van der Waals surface area (Å²) in [6.45, 7) is 3.97. The Kier molecular flexibility index (Phi) is 4.12. The van der Waals surface area contributed by atoms with Crippen LogP contribution in [0.4, 0.5) is 5.69 Å². The van der Waals surface area contributed by atoms with Gasteiger partial charge in [-0.05, 0) is 38.3 Å². The van der Waals surface area contributed by atoms with E-state index in [9.17, 15) is 9.59 Å². The van der Waals surface area contributed by atoms with Gasteiger partial charge in [-0.2, -0.15) is 0 Å². The molecule has 2 rings (SSSR count). The summed E-state index contributed by atoms with van der Waals surface area (Å²) in [5, 5.41) is 2.93. The summed E-state index contributed by atoms with van der Waals surface area (Å²) in [5.41, 5.74) is -0.0197. The zero-order valence-electron chi connectivity index (χ0n) is 12.3. The molecule has 0 spiro atoms. The quantitative estimate of drug-likeness (QED) is 0.838. The third-order valence-corrected chi connectivity index (χ3v) is 4.03. The van der Waals surface area contributed by atoms with E-state index in [0.717, 1.165) is 12.1 Å². The number of carbonyl (C=O) groups is 2. The standard InChI is InChI=1S/C16H22N2O2/c1-4-12(2)17-14(19)16(10-11-16)15(20)18(3)13-8-6-5-7-9-13/h5-9,12H,4,10-11H2,1-3H3,(H,17,19). The number of rotatable bonds is 5. The smallest absolute Gasteiger partial charge is 0.242 e. The summed E-state index contributed by atoms with van der Waals surface area (Å²) in [4.78, 5) is 26.5. The van der Waals surface area contributed by atoms with Crippen LogP contribution in [0, 0.1) is 5.41 Å². The van der Waals surface area contributed by atoms with Crippen molar-refractivity contribution in [3.05, 3.63) is 30.3 Å². The fraction of sp³-hybridized carbons (Fsp3) is 0.500. The maximum atomic E-state index is 12.6. The lowest BCUT2D eigenvalue weighted by Crippen LogP contribution is -2.46. The van der Waals surface area contributed by atoms with Gasteiger partial charge in [0, 0.05) is 18.8 Å². The van der Waals surface area contributed by atoms with E-state index in [4.69, 9.17) is 0 Å². The Bertz CT molecular complexity index is 494. The van der Waals surface area contributed by atoms with Crippen molar-refractivity contribution >= 4 is 17.5 Å². The molecule has 1 saturated carbocycles. The Morgan fingerprint density at radius 2 is 1.90 bits per heavy atom. The Labute approximate surface area is 120 Å². The lowest BCUT2D eigenvalue weighted by molar-refractivity contribution is -0.135. The largest absolute Gasteiger partial charge is 0.353 e. The molecule has 2 amide bonds. The molecule has 1 aliphatic rings. The molecular formula is C16H22N2O2. The SMILES string of the molecule is CCC(C)NC(=O)C1(C(=O)N(C)c2ccccc2)CC1. The van der Waals surface area contributed by atoms with Crippen LogP contribution in [0.15, 0.2) is 30.3 Å². The zero-order valence-corrected chi connectivity index (χ0v) is 12.3. The Hall–Kier alpha value is -1.84. The molecule has 0 heterocycles. The Balaban J connectivity index is 2.10. The summed E-state index contributed by atoms with van der Waals surface area (Å²) in [7, 11) is 1.73. The highest BCUT2D eigenvalue weighted by atomic mass is 16.2. The van der Waals surface area contributed by atoms with E-state index >= 15 is 0 Å². The lowest BCUT2D eigenvalue weighted by Gasteiger charge is -2.24. The van der Waals surface area contributed by atoms with Crippen LogP contribution in [-0.2, 0) is 9.59 Å². The molecule has 1 aliphatic carbocycles. The number of nitrogens with zero attached hydrogens (tertiary/aromatic N) is 1. The lowest BCUT2D eigenvalue weighted by atomic mass is 10.0. The molecule has 20 heavy (non-hydrogen) atoms. The molecule has 108 valence electrons. The maximum Gasteiger partial charge on any atom is 0.242 e. The van der Waals surface area contributed by atoms with E-state index < -0.39 is 5.41 Å². The van der Waals surface area contributed by atoms with Crippen molar-refractivity contribution in [2.75, 3.05) is 11.9 Å². The topological polar surface area (TPSA) is 49.4 Å². The van der Waals surface area contributed by atoms with E-state index in [-0.39, 0.29) is 17.9 Å². The molecule has 0 saturated heterocycles. The van der Waals surface area contributed by atoms with Crippen LogP contribution >= 0.6 is 0 Å². The van der Waals surface area contributed by atoms with Crippen molar-refractivity contribution in [3.63, 3.8) is 0 Å². The molecule has 1 atom stereocenters. The highest BCUT2D eigenvalue weighted by molar-refractivity contribution is 6.13. The minimum absolute atomic E-state index is 0.106. The first-order valence-corrected chi connectivity index (χ1v) is 7.15. The molecule has 0 bridgehead atoms. The number of para-hydroxylation sites is 1. The summed E-state index contributed by atoms with van der Waals surface area (Å²) in [5.74, 6) is -0.232. The average Bonchev–Trinajstić information content (AvgIpc) is 3.28. The normalized spacial score (nSPS) is 17.1. The number of hydrogen-bond donors (Lipinski definition) is 1. The van der Waals surface area contributed by atoms with Crippen LogP contribution in [0.5, 0.6) is 0 Å². The number of carbonyl (C=O) groups excluding carboxylic acids is 2. The predicted molar refractivity (Wildman–Crippen MR) is 79.4 cm³/mol. The fourth-order valence-electron chi connectivity index (χ4n) is 2.22. The van der Waals surface area contributed by atoms with Gasteiger partial charge in [-0.15, -0.1) is 0 Å². The highest BCUT2D eigenvalue weighted by Gasteiger charge is 2.57. The van der Waals surface area contributed by atoms with Crippen LogP contribution in [-0.4, -0.2) is 24.9 Å². The van der Waals surface area contributed by atoms with Gasteiger partial charge in [-0.3, -0.25) is 9.59 Å². The summed E-state index contributed by atoms with van der Waals surface area (Å²) >= 11 is 0. The third kappa shape index (κ3) is 2.69. The molecule has 1 N–H and O–H groups in total. The number of hydrogen-bond acceptors (Lipinski definition) is 2. The molecule has 1 fully saturated rings.